The molecule has 7 heteroatoms. The van der Waals surface area contributed by atoms with E-state index in [0.29, 0.717) is 24.5 Å². The summed E-state index contributed by atoms with van der Waals surface area (Å²) in [5.74, 6) is 1.20. The molecule has 0 saturated carbocycles. The van der Waals surface area contributed by atoms with E-state index in [1.807, 2.05) is 49.4 Å². The van der Waals surface area contributed by atoms with E-state index in [1.54, 1.807) is 25.2 Å². The minimum absolute atomic E-state index is 0.101. The van der Waals surface area contributed by atoms with Gasteiger partial charge in [-0.3, -0.25) is 4.79 Å². The SMILES string of the molecule is COc1ccc([C@@H](C)NC(=O)N[C@@H]2CCN(c3ccccc3)C2=O)c(OC)c1. The fraction of sp³-hybridized carbons (Fsp3) is 0.333. The highest BCUT2D eigenvalue weighted by atomic mass is 16.5. The van der Waals surface area contributed by atoms with Crippen LogP contribution in [0.4, 0.5) is 10.5 Å². The van der Waals surface area contributed by atoms with Crippen molar-refractivity contribution in [2.24, 2.45) is 0 Å². The van der Waals surface area contributed by atoms with Crippen molar-refractivity contribution in [3.8, 4) is 11.5 Å². The van der Waals surface area contributed by atoms with Crippen molar-refractivity contribution in [3.05, 3.63) is 54.1 Å². The summed E-state index contributed by atoms with van der Waals surface area (Å²) in [7, 11) is 3.15. The average molecular weight is 383 g/mol. The lowest BCUT2D eigenvalue weighted by atomic mass is 10.1. The molecule has 1 aliphatic rings. The van der Waals surface area contributed by atoms with Gasteiger partial charge in [0, 0.05) is 23.9 Å². The van der Waals surface area contributed by atoms with Crippen LogP contribution in [0, 0.1) is 0 Å². The maximum absolute atomic E-state index is 12.6. The minimum Gasteiger partial charge on any atom is -0.497 e. The van der Waals surface area contributed by atoms with Gasteiger partial charge in [-0.15, -0.1) is 0 Å². The molecular weight excluding hydrogens is 358 g/mol. The Morgan fingerprint density at radius 1 is 1.14 bits per heavy atom. The van der Waals surface area contributed by atoms with Crippen LogP contribution in [0.3, 0.4) is 0 Å². The Labute approximate surface area is 164 Å². The zero-order valence-corrected chi connectivity index (χ0v) is 16.3. The third-order valence-corrected chi connectivity index (χ3v) is 4.83. The first-order valence-corrected chi connectivity index (χ1v) is 9.19. The lowest BCUT2D eigenvalue weighted by Crippen LogP contribution is -2.46. The molecule has 0 aromatic heterocycles. The van der Waals surface area contributed by atoms with E-state index in [2.05, 4.69) is 10.6 Å². The van der Waals surface area contributed by atoms with Gasteiger partial charge in [0.1, 0.15) is 17.5 Å². The number of hydrogen-bond donors (Lipinski definition) is 2. The van der Waals surface area contributed by atoms with Gasteiger partial charge in [0.25, 0.3) is 0 Å². The van der Waals surface area contributed by atoms with Crippen LogP contribution in [0.15, 0.2) is 48.5 Å². The van der Waals surface area contributed by atoms with E-state index in [0.717, 1.165) is 11.3 Å². The Hall–Kier alpha value is -3.22. The predicted octanol–water partition coefficient (Wildman–Crippen LogP) is 2.87. The van der Waals surface area contributed by atoms with Crippen molar-refractivity contribution in [1.82, 2.24) is 10.6 Å². The molecule has 148 valence electrons. The Bertz CT molecular complexity index is 841. The Balaban J connectivity index is 1.61. The normalized spacial score (nSPS) is 17.2. The molecule has 2 N–H and O–H groups in total. The number of methoxy groups -OCH3 is 2. The molecule has 1 heterocycles. The molecule has 2 atom stereocenters. The maximum atomic E-state index is 12.6. The topological polar surface area (TPSA) is 79.9 Å². The summed E-state index contributed by atoms with van der Waals surface area (Å²) in [6, 6.07) is 13.7. The maximum Gasteiger partial charge on any atom is 0.315 e. The molecule has 28 heavy (non-hydrogen) atoms. The summed E-state index contributed by atoms with van der Waals surface area (Å²) < 4.78 is 10.6. The molecule has 0 spiro atoms. The Kier molecular flexibility index (Phi) is 6.03. The van der Waals surface area contributed by atoms with Gasteiger partial charge in [0.05, 0.1) is 20.3 Å². The number of nitrogens with zero attached hydrogens (tertiary/aromatic N) is 1. The van der Waals surface area contributed by atoms with E-state index in [-0.39, 0.29) is 11.9 Å². The highest BCUT2D eigenvalue weighted by molar-refractivity contribution is 6.01. The third-order valence-electron chi connectivity index (χ3n) is 4.83. The average Bonchev–Trinajstić information content (AvgIpc) is 3.08. The summed E-state index contributed by atoms with van der Waals surface area (Å²) in [4.78, 5) is 26.7. The monoisotopic (exact) mass is 383 g/mol. The second kappa shape index (κ2) is 8.65. The van der Waals surface area contributed by atoms with Crippen molar-refractivity contribution in [2.75, 3.05) is 25.7 Å². The summed E-state index contributed by atoms with van der Waals surface area (Å²) in [6.07, 6.45) is 0.571. The van der Waals surface area contributed by atoms with Crippen LogP contribution in [-0.4, -0.2) is 38.7 Å². The van der Waals surface area contributed by atoms with E-state index in [9.17, 15) is 9.59 Å². The van der Waals surface area contributed by atoms with Crippen molar-refractivity contribution < 1.29 is 19.1 Å². The molecule has 0 aliphatic carbocycles. The highest BCUT2D eigenvalue weighted by Gasteiger charge is 2.33. The molecular formula is C21H25N3O4. The highest BCUT2D eigenvalue weighted by Crippen LogP contribution is 2.29. The zero-order chi connectivity index (χ0) is 20.1. The van der Waals surface area contributed by atoms with E-state index in [1.165, 1.54) is 0 Å². The largest absolute Gasteiger partial charge is 0.497 e. The van der Waals surface area contributed by atoms with Gasteiger partial charge in [0.2, 0.25) is 5.91 Å². The summed E-state index contributed by atoms with van der Waals surface area (Å²) in [6.45, 7) is 2.44. The van der Waals surface area contributed by atoms with E-state index in [4.69, 9.17) is 9.47 Å². The first kappa shape index (κ1) is 19.5. The second-order valence-electron chi connectivity index (χ2n) is 6.61. The van der Waals surface area contributed by atoms with Crippen LogP contribution < -0.4 is 25.0 Å². The molecule has 0 radical (unpaired) electrons. The van der Waals surface area contributed by atoms with Crippen LogP contribution in [0.2, 0.25) is 0 Å². The molecule has 2 aromatic rings. The number of nitrogens with one attached hydrogen (secondary N) is 2. The smallest absolute Gasteiger partial charge is 0.315 e. The van der Waals surface area contributed by atoms with Gasteiger partial charge in [-0.1, -0.05) is 18.2 Å². The van der Waals surface area contributed by atoms with Gasteiger partial charge in [-0.25, -0.2) is 4.79 Å². The second-order valence-corrected chi connectivity index (χ2v) is 6.61. The van der Waals surface area contributed by atoms with Gasteiger partial charge in [0.15, 0.2) is 0 Å². The Morgan fingerprint density at radius 2 is 1.89 bits per heavy atom. The number of amides is 3. The fourth-order valence-corrected chi connectivity index (χ4v) is 3.33. The van der Waals surface area contributed by atoms with E-state index < -0.39 is 12.1 Å². The lowest BCUT2D eigenvalue weighted by Gasteiger charge is -2.20. The number of rotatable bonds is 6. The van der Waals surface area contributed by atoms with Crippen molar-refractivity contribution in [2.45, 2.75) is 25.4 Å². The standard InChI is InChI=1S/C21H25N3O4/c1-14(17-10-9-16(27-2)13-19(17)28-3)22-21(26)23-18-11-12-24(20(18)25)15-7-5-4-6-8-15/h4-10,13-14,18H,11-12H2,1-3H3,(H2,22,23,26)/t14-,18-/m1/s1. The molecule has 2 aromatic carbocycles. The molecule has 3 rings (SSSR count). The van der Waals surface area contributed by atoms with Crippen LogP contribution in [0.1, 0.15) is 24.9 Å². The van der Waals surface area contributed by atoms with Gasteiger partial charge >= 0.3 is 6.03 Å². The molecule has 1 saturated heterocycles. The quantitative estimate of drug-likeness (QED) is 0.804. The van der Waals surface area contributed by atoms with Crippen molar-refractivity contribution in [1.29, 1.82) is 0 Å². The Morgan fingerprint density at radius 3 is 2.57 bits per heavy atom. The third kappa shape index (κ3) is 4.19. The van der Waals surface area contributed by atoms with Crippen molar-refractivity contribution >= 4 is 17.6 Å². The molecule has 3 amide bonds. The molecule has 0 unspecified atom stereocenters. The number of benzene rings is 2. The molecule has 1 aliphatic heterocycles. The summed E-state index contributed by atoms with van der Waals surface area (Å²) in [5.41, 5.74) is 1.66. The fourth-order valence-electron chi connectivity index (χ4n) is 3.33. The number of urea groups is 1. The number of carbonyl (C=O) groups is 2. The van der Waals surface area contributed by atoms with Crippen LogP contribution in [0.5, 0.6) is 11.5 Å². The van der Waals surface area contributed by atoms with Crippen LogP contribution in [0.25, 0.3) is 0 Å². The minimum atomic E-state index is -0.537. The van der Waals surface area contributed by atoms with Gasteiger partial charge in [-0.2, -0.15) is 0 Å². The molecule has 1 fully saturated rings. The number of para-hydroxylation sites is 1. The number of ether oxygens (including phenoxy) is 2. The summed E-state index contributed by atoms with van der Waals surface area (Å²) in [5, 5.41) is 5.65. The van der Waals surface area contributed by atoms with Crippen molar-refractivity contribution in [3.63, 3.8) is 0 Å². The number of hydrogen-bond acceptors (Lipinski definition) is 4. The molecule has 0 bridgehead atoms. The van der Waals surface area contributed by atoms with Gasteiger partial charge in [-0.05, 0) is 37.6 Å². The van der Waals surface area contributed by atoms with Gasteiger partial charge < -0.3 is 25.0 Å². The van der Waals surface area contributed by atoms with E-state index >= 15 is 0 Å². The first-order chi connectivity index (χ1) is 13.5. The first-order valence-electron chi connectivity index (χ1n) is 9.19. The zero-order valence-electron chi connectivity index (χ0n) is 16.3. The molecule has 7 nitrogen and oxygen atoms in total. The lowest BCUT2D eigenvalue weighted by molar-refractivity contribution is -0.118. The van der Waals surface area contributed by atoms with Crippen LogP contribution in [-0.2, 0) is 4.79 Å². The van der Waals surface area contributed by atoms with Crippen LogP contribution >= 0.6 is 0 Å². The predicted molar refractivity (Wildman–Crippen MR) is 107 cm³/mol. The summed E-state index contributed by atoms with van der Waals surface area (Å²) >= 11 is 0. The number of anilines is 1. The number of carbonyl (C=O) groups excluding carboxylic acids is 2.